The zero-order valence-electron chi connectivity index (χ0n) is 23.1. The zero-order chi connectivity index (χ0) is 25.3. The van der Waals surface area contributed by atoms with Crippen LogP contribution >= 0.6 is 0 Å². The fourth-order valence-electron chi connectivity index (χ4n) is 5.42. The molecular formula is C36H48. The van der Waals surface area contributed by atoms with E-state index in [0.717, 1.165) is 34.9 Å². The normalized spacial score (nSPS) is 17.1. The van der Waals surface area contributed by atoms with Crippen LogP contribution in [0, 0.1) is 29.6 Å². The van der Waals surface area contributed by atoms with E-state index in [1.165, 1.54) is 102 Å². The van der Waals surface area contributed by atoms with E-state index in [0.29, 0.717) is 0 Å². The van der Waals surface area contributed by atoms with Gasteiger partial charge < -0.3 is 0 Å². The van der Waals surface area contributed by atoms with E-state index in [2.05, 4.69) is 86.1 Å². The van der Waals surface area contributed by atoms with Gasteiger partial charge in [0.25, 0.3) is 0 Å². The lowest BCUT2D eigenvalue weighted by Gasteiger charge is -2.29. The minimum Gasteiger partial charge on any atom is -0.0979 e. The molecule has 0 unspecified atom stereocenters. The molecular weight excluding hydrogens is 432 g/mol. The molecule has 0 radical (unpaired) electrons. The summed E-state index contributed by atoms with van der Waals surface area (Å²) in [6.07, 6.45) is 21.6. The lowest BCUT2D eigenvalue weighted by molar-refractivity contribution is 0.302. The average Bonchev–Trinajstić information content (AvgIpc) is 2.93. The Kier molecular flexibility index (Phi) is 13.4. The Bertz CT molecular complexity index is 963. The van der Waals surface area contributed by atoms with E-state index in [4.69, 9.17) is 0 Å². The minimum atomic E-state index is 0.744. The quantitative estimate of drug-likeness (QED) is 0.209. The van der Waals surface area contributed by atoms with E-state index in [-0.39, 0.29) is 0 Å². The van der Waals surface area contributed by atoms with E-state index in [1.54, 1.807) is 0 Å². The molecule has 0 amide bonds. The molecule has 0 nitrogen and oxygen atoms in total. The third kappa shape index (κ3) is 10.7. The summed E-state index contributed by atoms with van der Waals surface area (Å²) in [5.41, 5.74) is 4.75. The highest BCUT2D eigenvalue weighted by molar-refractivity contribution is 5.46. The first-order valence-corrected chi connectivity index (χ1v) is 15.0. The van der Waals surface area contributed by atoms with Gasteiger partial charge in [-0.25, -0.2) is 0 Å². The van der Waals surface area contributed by atoms with Gasteiger partial charge in [-0.1, -0.05) is 114 Å². The number of benzene rings is 2. The van der Waals surface area contributed by atoms with Crippen molar-refractivity contribution < 1.29 is 0 Å². The SMILES string of the molecule is CCCCCCCC#Cc1ccc(C#Cc2ccc([C@H]3CC[C@H](CCCCCCC)CC3)cc2)cc1. The molecule has 36 heavy (non-hydrogen) atoms. The zero-order valence-corrected chi connectivity index (χ0v) is 23.1. The molecule has 1 saturated carbocycles. The van der Waals surface area contributed by atoms with Crippen molar-refractivity contribution in [1.82, 2.24) is 0 Å². The van der Waals surface area contributed by atoms with Crippen molar-refractivity contribution in [2.24, 2.45) is 5.92 Å². The summed E-state index contributed by atoms with van der Waals surface area (Å²) in [4.78, 5) is 0. The van der Waals surface area contributed by atoms with E-state index >= 15 is 0 Å². The van der Waals surface area contributed by atoms with Crippen LogP contribution in [0.5, 0.6) is 0 Å². The summed E-state index contributed by atoms with van der Waals surface area (Å²) in [6.45, 7) is 4.55. The number of hydrogen-bond donors (Lipinski definition) is 0. The highest BCUT2D eigenvalue weighted by Crippen LogP contribution is 2.37. The maximum absolute atomic E-state index is 3.35. The lowest BCUT2D eigenvalue weighted by Crippen LogP contribution is -2.13. The standard InChI is InChI=1S/C36H48/c1-3-5-7-9-10-12-14-15-31-17-19-33(20-18-31)21-22-34-25-29-36(30-26-34)35-27-23-32(24-28-35)16-13-11-8-6-4-2/h17-20,25-26,29-30,32,35H,3-13,16,23-24,27-28H2,1-2H3/t32-,35-. The molecule has 0 aromatic heterocycles. The Morgan fingerprint density at radius 3 is 1.64 bits per heavy atom. The fraction of sp³-hybridized carbons (Fsp3) is 0.556. The Morgan fingerprint density at radius 2 is 1.06 bits per heavy atom. The van der Waals surface area contributed by atoms with Gasteiger partial charge in [0, 0.05) is 23.1 Å². The maximum atomic E-state index is 3.35. The largest absolute Gasteiger partial charge is 0.0979 e. The van der Waals surface area contributed by atoms with Crippen molar-refractivity contribution in [2.45, 2.75) is 122 Å². The van der Waals surface area contributed by atoms with Crippen LogP contribution < -0.4 is 0 Å². The summed E-state index contributed by atoms with van der Waals surface area (Å²) >= 11 is 0. The van der Waals surface area contributed by atoms with Gasteiger partial charge in [0.15, 0.2) is 0 Å². The Labute approximate surface area is 222 Å². The summed E-state index contributed by atoms with van der Waals surface area (Å²) in [6, 6.07) is 17.4. The van der Waals surface area contributed by atoms with Crippen LogP contribution in [0.2, 0.25) is 0 Å². The molecule has 0 spiro atoms. The predicted octanol–water partition coefficient (Wildman–Crippen LogP) is 10.4. The first-order valence-electron chi connectivity index (χ1n) is 15.0. The maximum Gasteiger partial charge on any atom is 0.0249 e. The topological polar surface area (TPSA) is 0 Å². The molecule has 1 fully saturated rings. The van der Waals surface area contributed by atoms with Crippen LogP contribution in [0.15, 0.2) is 48.5 Å². The highest BCUT2D eigenvalue weighted by atomic mass is 14.3. The van der Waals surface area contributed by atoms with Gasteiger partial charge in [-0.05, 0) is 85.9 Å². The second-order valence-electron chi connectivity index (χ2n) is 10.8. The third-order valence-electron chi connectivity index (χ3n) is 7.82. The van der Waals surface area contributed by atoms with Gasteiger partial charge in [-0.15, -0.1) is 0 Å². The Balaban J connectivity index is 1.40. The second-order valence-corrected chi connectivity index (χ2v) is 10.8. The molecule has 0 atom stereocenters. The van der Waals surface area contributed by atoms with Crippen LogP contribution in [0.25, 0.3) is 0 Å². The number of unbranched alkanes of at least 4 members (excludes halogenated alkanes) is 9. The van der Waals surface area contributed by atoms with Crippen molar-refractivity contribution >= 4 is 0 Å². The van der Waals surface area contributed by atoms with Gasteiger partial charge in [-0.3, -0.25) is 0 Å². The molecule has 0 bridgehead atoms. The van der Waals surface area contributed by atoms with E-state index in [1.807, 2.05) is 0 Å². The summed E-state index contributed by atoms with van der Waals surface area (Å²) < 4.78 is 0. The molecule has 192 valence electrons. The Morgan fingerprint density at radius 1 is 0.556 bits per heavy atom. The predicted molar refractivity (Wildman–Crippen MR) is 157 cm³/mol. The first kappa shape index (κ1) is 28.1. The van der Waals surface area contributed by atoms with Crippen LogP contribution in [0.3, 0.4) is 0 Å². The molecule has 3 rings (SSSR count). The molecule has 0 heterocycles. The lowest BCUT2D eigenvalue weighted by atomic mass is 9.77. The molecule has 0 N–H and O–H groups in total. The molecule has 1 aliphatic carbocycles. The molecule has 2 aromatic rings. The van der Waals surface area contributed by atoms with Gasteiger partial charge in [-0.2, -0.15) is 0 Å². The van der Waals surface area contributed by atoms with Gasteiger partial charge in [0.1, 0.15) is 0 Å². The van der Waals surface area contributed by atoms with Gasteiger partial charge in [0.2, 0.25) is 0 Å². The molecule has 2 aromatic carbocycles. The smallest absolute Gasteiger partial charge is 0.0249 e. The monoisotopic (exact) mass is 480 g/mol. The van der Waals surface area contributed by atoms with Crippen LogP contribution in [-0.2, 0) is 0 Å². The molecule has 0 aliphatic heterocycles. The van der Waals surface area contributed by atoms with Crippen molar-refractivity contribution in [3.63, 3.8) is 0 Å². The second kappa shape index (κ2) is 17.1. The van der Waals surface area contributed by atoms with Crippen molar-refractivity contribution in [3.05, 3.63) is 70.8 Å². The number of hydrogen-bond acceptors (Lipinski definition) is 0. The van der Waals surface area contributed by atoms with Crippen LogP contribution in [0.4, 0.5) is 0 Å². The van der Waals surface area contributed by atoms with Crippen molar-refractivity contribution in [3.8, 4) is 23.7 Å². The average molecular weight is 481 g/mol. The molecule has 1 aliphatic rings. The number of rotatable bonds is 12. The van der Waals surface area contributed by atoms with Crippen LogP contribution in [0.1, 0.15) is 145 Å². The molecule has 0 saturated heterocycles. The van der Waals surface area contributed by atoms with Crippen LogP contribution in [-0.4, -0.2) is 0 Å². The fourth-order valence-corrected chi connectivity index (χ4v) is 5.42. The van der Waals surface area contributed by atoms with Gasteiger partial charge >= 0.3 is 0 Å². The summed E-state index contributed by atoms with van der Waals surface area (Å²) in [5.74, 6) is 15.0. The Hall–Kier alpha value is -2.44. The van der Waals surface area contributed by atoms with Crippen molar-refractivity contribution in [2.75, 3.05) is 0 Å². The van der Waals surface area contributed by atoms with E-state index < -0.39 is 0 Å². The third-order valence-corrected chi connectivity index (χ3v) is 7.82. The molecule has 0 heteroatoms. The minimum absolute atomic E-state index is 0.744. The van der Waals surface area contributed by atoms with E-state index in [9.17, 15) is 0 Å². The first-order chi connectivity index (χ1) is 17.8. The highest BCUT2D eigenvalue weighted by Gasteiger charge is 2.21. The van der Waals surface area contributed by atoms with Crippen molar-refractivity contribution in [1.29, 1.82) is 0 Å². The summed E-state index contributed by atoms with van der Waals surface area (Å²) in [5, 5.41) is 0. The summed E-state index contributed by atoms with van der Waals surface area (Å²) in [7, 11) is 0. The van der Waals surface area contributed by atoms with Gasteiger partial charge in [0.05, 0.1) is 0 Å².